The summed E-state index contributed by atoms with van der Waals surface area (Å²) in [4.78, 5) is 16.4. The molecule has 0 spiro atoms. The van der Waals surface area contributed by atoms with Gasteiger partial charge in [-0.2, -0.15) is 0 Å². The molecule has 1 aliphatic carbocycles. The number of halogens is 4. The monoisotopic (exact) mass is 456 g/mol. The SMILES string of the molecule is C=C(CCc1nnc(C2CC(OC(F)(F)F)C2)o1)NC(=O)c1nc2cc(Cl)ccn2n1. The number of allylic oxidation sites excluding steroid dienone is 1. The summed E-state index contributed by atoms with van der Waals surface area (Å²) in [5, 5.41) is 14.9. The van der Waals surface area contributed by atoms with E-state index in [1.165, 1.54) is 4.52 Å². The molecule has 1 aliphatic rings. The van der Waals surface area contributed by atoms with E-state index < -0.39 is 18.4 Å². The zero-order valence-corrected chi connectivity index (χ0v) is 16.7. The number of nitrogens with zero attached hydrogens (tertiary/aromatic N) is 5. The Morgan fingerprint density at radius 3 is 2.90 bits per heavy atom. The van der Waals surface area contributed by atoms with Gasteiger partial charge in [-0.15, -0.1) is 28.5 Å². The zero-order chi connectivity index (χ0) is 22.2. The summed E-state index contributed by atoms with van der Waals surface area (Å²) < 4.78 is 47.4. The summed E-state index contributed by atoms with van der Waals surface area (Å²) in [5.41, 5.74) is 0.824. The molecule has 0 radical (unpaired) electrons. The Hall–Kier alpha value is -2.99. The fourth-order valence-corrected chi connectivity index (χ4v) is 3.23. The lowest BCUT2D eigenvalue weighted by Gasteiger charge is -2.32. The van der Waals surface area contributed by atoms with E-state index in [-0.39, 0.29) is 30.5 Å². The van der Waals surface area contributed by atoms with Crippen LogP contribution in [0.3, 0.4) is 0 Å². The van der Waals surface area contributed by atoms with Gasteiger partial charge in [-0.25, -0.2) is 9.50 Å². The smallest absolute Gasteiger partial charge is 0.425 e. The molecule has 0 saturated heterocycles. The number of hydrogen-bond acceptors (Lipinski definition) is 7. The minimum absolute atomic E-state index is 0.0379. The largest absolute Gasteiger partial charge is 0.522 e. The molecule has 1 N–H and O–H groups in total. The first-order valence-electron chi connectivity index (χ1n) is 9.24. The van der Waals surface area contributed by atoms with Crippen LogP contribution in [0.1, 0.15) is 47.6 Å². The third kappa shape index (κ3) is 5.20. The van der Waals surface area contributed by atoms with E-state index >= 15 is 0 Å². The summed E-state index contributed by atoms with van der Waals surface area (Å²) >= 11 is 5.89. The van der Waals surface area contributed by atoms with Crippen molar-refractivity contribution in [2.24, 2.45) is 0 Å². The lowest BCUT2D eigenvalue weighted by molar-refractivity contribution is -0.352. The van der Waals surface area contributed by atoms with Crippen molar-refractivity contribution in [3.05, 3.63) is 53.2 Å². The van der Waals surface area contributed by atoms with Gasteiger partial charge < -0.3 is 9.73 Å². The van der Waals surface area contributed by atoms with Crippen molar-refractivity contribution < 1.29 is 27.1 Å². The molecule has 9 nitrogen and oxygen atoms in total. The van der Waals surface area contributed by atoms with E-state index in [0.717, 1.165) is 0 Å². The molecule has 31 heavy (non-hydrogen) atoms. The van der Waals surface area contributed by atoms with Crippen LogP contribution in [0.25, 0.3) is 5.65 Å². The van der Waals surface area contributed by atoms with E-state index in [2.05, 4.69) is 36.9 Å². The average Bonchev–Trinajstić information content (AvgIpc) is 3.28. The molecular formula is C18H16ClF3N6O3. The highest BCUT2D eigenvalue weighted by atomic mass is 35.5. The van der Waals surface area contributed by atoms with Gasteiger partial charge in [-0.3, -0.25) is 9.53 Å². The molecule has 3 aromatic rings. The average molecular weight is 457 g/mol. The minimum atomic E-state index is -4.65. The van der Waals surface area contributed by atoms with Gasteiger partial charge in [-0.05, 0) is 25.3 Å². The summed E-state index contributed by atoms with van der Waals surface area (Å²) in [6.07, 6.45) is -3.00. The maximum absolute atomic E-state index is 12.3. The molecule has 0 aromatic carbocycles. The molecule has 0 aliphatic heterocycles. The number of aromatic nitrogens is 5. The van der Waals surface area contributed by atoms with Crippen molar-refractivity contribution >= 4 is 23.2 Å². The normalized spacial score (nSPS) is 18.7. The summed E-state index contributed by atoms with van der Waals surface area (Å²) in [6, 6.07) is 3.20. The van der Waals surface area contributed by atoms with Crippen LogP contribution in [0.5, 0.6) is 0 Å². The first-order chi connectivity index (χ1) is 14.7. The molecule has 0 unspecified atom stereocenters. The number of carbonyl (C=O) groups excluding carboxylic acids is 1. The molecule has 3 aromatic heterocycles. The van der Waals surface area contributed by atoms with Crippen LogP contribution in [0.15, 0.2) is 35.0 Å². The molecule has 1 saturated carbocycles. The predicted octanol–water partition coefficient (Wildman–Crippen LogP) is 3.42. The summed E-state index contributed by atoms with van der Waals surface area (Å²) in [5.74, 6) is -0.248. The predicted molar refractivity (Wildman–Crippen MR) is 100 cm³/mol. The van der Waals surface area contributed by atoms with E-state index in [9.17, 15) is 18.0 Å². The fourth-order valence-electron chi connectivity index (χ4n) is 3.07. The van der Waals surface area contributed by atoms with Gasteiger partial charge in [-0.1, -0.05) is 18.2 Å². The lowest BCUT2D eigenvalue weighted by atomic mass is 9.82. The van der Waals surface area contributed by atoms with Crippen molar-refractivity contribution in [1.29, 1.82) is 0 Å². The van der Waals surface area contributed by atoms with Gasteiger partial charge in [0.15, 0.2) is 5.65 Å². The molecular weight excluding hydrogens is 441 g/mol. The van der Waals surface area contributed by atoms with Gasteiger partial charge in [0.25, 0.3) is 5.91 Å². The Morgan fingerprint density at radius 2 is 2.16 bits per heavy atom. The maximum atomic E-state index is 12.3. The second-order valence-corrected chi connectivity index (χ2v) is 7.47. The third-order valence-electron chi connectivity index (χ3n) is 4.66. The first kappa shape index (κ1) is 21.2. The fraction of sp³-hybridized carbons (Fsp3) is 0.389. The van der Waals surface area contributed by atoms with Crippen molar-refractivity contribution in [3.63, 3.8) is 0 Å². The zero-order valence-electron chi connectivity index (χ0n) is 15.9. The number of pyridine rings is 1. The van der Waals surface area contributed by atoms with Crippen molar-refractivity contribution in [2.45, 2.75) is 44.1 Å². The van der Waals surface area contributed by atoms with E-state index in [1.54, 1.807) is 18.3 Å². The number of nitrogens with one attached hydrogen (secondary N) is 1. The number of hydrogen-bond donors (Lipinski definition) is 1. The second kappa shape index (κ2) is 8.27. The van der Waals surface area contributed by atoms with E-state index in [4.69, 9.17) is 16.0 Å². The number of carbonyl (C=O) groups is 1. The van der Waals surface area contributed by atoms with E-state index in [0.29, 0.717) is 35.1 Å². The third-order valence-corrected chi connectivity index (χ3v) is 4.90. The van der Waals surface area contributed by atoms with Crippen molar-refractivity contribution in [2.75, 3.05) is 0 Å². The Kier molecular flexibility index (Phi) is 5.67. The molecule has 1 amide bonds. The van der Waals surface area contributed by atoms with Gasteiger partial charge in [0.05, 0.1) is 6.10 Å². The molecule has 1 fully saturated rings. The van der Waals surface area contributed by atoms with Gasteiger partial charge in [0.2, 0.25) is 17.6 Å². The van der Waals surface area contributed by atoms with E-state index in [1.807, 2.05) is 0 Å². The van der Waals surface area contributed by atoms with Crippen LogP contribution >= 0.6 is 11.6 Å². The molecule has 13 heteroatoms. The number of fused-ring (bicyclic) bond motifs is 1. The second-order valence-electron chi connectivity index (χ2n) is 7.03. The van der Waals surface area contributed by atoms with Crippen molar-refractivity contribution in [1.82, 2.24) is 30.1 Å². The van der Waals surface area contributed by atoms with Crippen LogP contribution in [-0.4, -0.2) is 43.2 Å². The highest BCUT2D eigenvalue weighted by Gasteiger charge is 2.42. The van der Waals surface area contributed by atoms with Crippen LogP contribution < -0.4 is 5.32 Å². The Bertz CT molecular complexity index is 1120. The number of amides is 1. The molecule has 0 atom stereocenters. The quantitative estimate of drug-likeness (QED) is 0.580. The van der Waals surface area contributed by atoms with Crippen LogP contribution in [-0.2, 0) is 11.2 Å². The van der Waals surface area contributed by atoms with Crippen molar-refractivity contribution in [3.8, 4) is 0 Å². The number of rotatable bonds is 7. The highest BCUT2D eigenvalue weighted by Crippen LogP contribution is 2.40. The number of ether oxygens (including phenoxy) is 1. The number of alkyl halides is 3. The van der Waals surface area contributed by atoms with Crippen LogP contribution in [0, 0.1) is 0 Å². The highest BCUT2D eigenvalue weighted by molar-refractivity contribution is 6.30. The minimum Gasteiger partial charge on any atom is -0.425 e. The van der Waals surface area contributed by atoms with Gasteiger partial charge in [0, 0.05) is 35.3 Å². The molecule has 164 valence electrons. The standard InChI is InChI=1S/C18H16ClF3N6O3/c1-9(23-16(29)15-24-13-8-11(19)4-5-28(13)27-15)2-3-14-25-26-17(30-14)10-6-12(7-10)31-18(20,21)22/h4-5,8,10,12H,1-3,6-7H2,(H,23,29). The summed E-state index contributed by atoms with van der Waals surface area (Å²) in [7, 11) is 0. The Morgan fingerprint density at radius 1 is 1.39 bits per heavy atom. The lowest BCUT2D eigenvalue weighted by Crippen LogP contribution is -2.34. The Balaban J connectivity index is 1.25. The first-order valence-corrected chi connectivity index (χ1v) is 9.62. The maximum Gasteiger partial charge on any atom is 0.522 e. The molecule has 4 rings (SSSR count). The van der Waals surface area contributed by atoms with Gasteiger partial charge >= 0.3 is 6.36 Å². The molecule has 0 bridgehead atoms. The Labute approximate surface area is 178 Å². The van der Waals surface area contributed by atoms with Gasteiger partial charge in [0.1, 0.15) is 0 Å². The summed E-state index contributed by atoms with van der Waals surface area (Å²) in [6.45, 7) is 3.79. The van der Waals surface area contributed by atoms with Crippen LogP contribution in [0.4, 0.5) is 13.2 Å². The number of aryl methyl sites for hydroxylation is 1. The van der Waals surface area contributed by atoms with Crippen LogP contribution in [0.2, 0.25) is 5.02 Å². The molecule has 3 heterocycles. The topological polar surface area (TPSA) is 107 Å².